The van der Waals surface area contributed by atoms with Gasteiger partial charge in [-0.1, -0.05) is 18.2 Å². The van der Waals surface area contributed by atoms with Crippen LogP contribution >= 0.6 is 0 Å². The minimum absolute atomic E-state index is 0.0482. The molecule has 3 aromatic rings. The summed E-state index contributed by atoms with van der Waals surface area (Å²) in [6.07, 6.45) is 2.07. The van der Waals surface area contributed by atoms with Crippen molar-refractivity contribution in [3.05, 3.63) is 65.6 Å². The molecule has 0 N–H and O–H groups in total. The van der Waals surface area contributed by atoms with Gasteiger partial charge in [0.25, 0.3) is 0 Å². The Labute approximate surface area is 182 Å². The largest absolute Gasteiger partial charge is 0.494 e. The molecule has 4 rings (SSSR count). The molecule has 1 atom stereocenters. The maximum absolute atomic E-state index is 14.4. The molecule has 0 unspecified atom stereocenters. The summed E-state index contributed by atoms with van der Waals surface area (Å²) in [7, 11) is 3.50. The molecule has 0 radical (unpaired) electrons. The SMILES string of the molecule is COc1ccc(-c2nn(-c3ccccc3C)cc2CN(C)C[C@@H]2COCCO2)cc1F. The van der Waals surface area contributed by atoms with Crippen LogP contribution in [0.15, 0.2) is 48.7 Å². The number of nitrogens with zero attached hydrogens (tertiary/aromatic N) is 3. The fraction of sp³-hybridized carbons (Fsp3) is 0.375. The Bertz CT molecular complexity index is 1030. The Morgan fingerprint density at radius 2 is 2.06 bits per heavy atom. The molecule has 1 aliphatic heterocycles. The van der Waals surface area contributed by atoms with Crippen LogP contribution in [0.25, 0.3) is 16.9 Å². The van der Waals surface area contributed by atoms with Crippen LogP contribution in [0.5, 0.6) is 5.75 Å². The Hall–Kier alpha value is -2.74. The first-order valence-corrected chi connectivity index (χ1v) is 10.4. The van der Waals surface area contributed by atoms with E-state index in [1.54, 1.807) is 6.07 Å². The number of hydrogen-bond donors (Lipinski definition) is 0. The zero-order chi connectivity index (χ0) is 21.8. The van der Waals surface area contributed by atoms with Crippen molar-refractivity contribution in [2.24, 2.45) is 0 Å². The monoisotopic (exact) mass is 425 g/mol. The van der Waals surface area contributed by atoms with Crippen molar-refractivity contribution in [1.29, 1.82) is 0 Å². The minimum Gasteiger partial charge on any atom is -0.494 e. The van der Waals surface area contributed by atoms with E-state index in [9.17, 15) is 4.39 Å². The van der Waals surface area contributed by atoms with Crippen LogP contribution in [-0.4, -0.2) is 61.3 Å². The van der Waals surface area contributed by atoms with Gasteiger partial charge in [0.05, 0.1) is 44.4 Å². The Morgan fingerprint density at radius 3 is 2.77 bits per heavy atom. The quantitative estimate of drug-likeness (QED) is 0.576. The van der Waals surface area contributed by atoms with Crippen LogP contribution in [-0.2, 0) is 16.0 Å². The molecular formula is C24H28FN3O3. The molecule has 0 bridgehead atoms. The Kier molecular flexibility index (Phi) is 6.65. The third-order valence-electron chi connectivity index (χ3n) is 5.42. The molecule has 6 nitrogen and oxygen atoms in total. The topological polar surface area (TPSA) is 48.8 Å². The average molecular weight is 426 g/mol. The molecule has 2 heterocycles. The number of aromatic nitrogens is 2. The molecule has 0 saturated carbocycles. The number of hydrogen-bond acceptors (Lipinski definition) is 5. The van der Waals surface area contributed by atoms with Crippen LogP contribution in [0, 0.1) is 12.7 Å². The number of aryl methyl sites for hydroxylation is 1. The number of halogens is 1. The molecule has 0 amide bonds. The van der Waals surface area contributed by atoms with Gasteiger partial charge in [0.15, 0.2) is 11.6 Å². The van der Waals surface area contributed by atoms with Gasteiger partial charge in [0, 0.05) is 30.4 Å². The average Bonchev–Trinajstić information content (AvgIpc) is 3.18. The molecule has 0 aliphatic carbocycles. The predicted molar refractivity (Wildman–Crippen MR) is 117 cm³/mol. The van der Waals surface area contributed by atoms with Crippen molar-refractivity contribution < 1.29 is 18.6 Å². The van der Waals surface area contributed by atoms with Crippen molar-refractivity contribution in [2.45, 2.75) is 19.6 Å². The van der Waals surface area contributed by atoms with Crippen molar-refractivity contribution in [2.75, 3.05) is 40.5 Å². The number of methoxy groups -OCH3 is 1. The lowest BCUT2D eigenvalue weighted by Crippen LogP contribution is -2.38. The van der Waals surface area contributed by atoms with Crippen LogP contribution in [0.2, 0.25) is 0 Å². The van der Waals surface area contributed by atoms with E-state index in [2.05, 4.69) is 17.9 Å². The first-order chi connectivity index (χ1) is 15.0. The van der Waals surface area contributed by atoms with Crippen molar-refractivity contribution in [3.63, 3.8) is 0 Å². The highest BCUT2D eigenvalue weighted by molar-refractivity contribution is 5.64. The maximum atomic E-state index is 14.4. The number of likely N-dealkylation sites (N-methyl/N-ethyl adjacent to an activating group) is 1. The van der Waals surface area contributed by atoms with E-state index >= 15 is 0 Å². The summed E-state index contributed by atoms with van der Waals surface area (Å²) in [5, 5.41) is 4.83. The van der Waals surface area contributed by atoms with E-state index in [0.717, 1.165) is 29.1 Å². The van der Waals surface area contributed by atoms with Crippen LogP contribution < -0.4 is 4.74 Å². The van der Waals surface area contributed by atoms with E-state index < -0.39 is 5.82 Å². The lowest BCUT2D eigenvalue weighted by atomic mass is 10.1. The summed E-state index contributed by atoms with van der Waals surface area (Å²) in [5.74, 6) is -0.187. The molecule has 0 spiro atoms. The van der Waals surface area contributed by atoms with E-state index in [0.29, 0.717) is 31.9 Å². The third-order valence-corrected chi connectivity index (χ3v) is 5.42. The summed E-state index contributed by atoms with van der Waals surface area (Å²) < 4.78 is 32.7. The van der Waals surface area contributed by atoms with Gasteiger partial charge in [0.1, 0.15) is 0 Å². The second kappa shape index (κ2) is 9.60. The summed E-state index contributed by atoms with van der Waals surface area (Å²) in [6, 6.07) is 13.0. The Balaban J connectivity index is 1.66. The number of benzene rings is 2. The summed E-state index contributed by atoms with van der Waals surface area (Å²) >= 11 is 0. The molecule has 1 aromatic heterocycles. The van der Waals surface area contributed by atoms with Crippen molar-refractivity contribution >= 4 is 0 Å². The van der Waals surface area contributed by atoms with Gasteiger partial charge in [-0.3, -0.25) is 4.90 Å². The van der Waals surface area contributed by atoms with Crippen molar-refractivity contribution in [1.82, 2.24) is 14.7 Å². The van der Waals surface area contributed by atoms with Gasteiger partial charge in [-0.05, 0) is 43.8 Å². The molecule has 1 aliphatic rings. The lowest BCUT2D eigenvalue weighted by Gasteiger charge is -2.27. The fourth-order valence-corrected chi connectivity index (χ4v) is 3.87. The summed E-state index contributed by atoms with van der Waals surface area (Å²) in [6.45, 7) is 5.32. The number of rotatable bonds is 7. The summed E-state index contributed by atoms with van der Waals surface area (Å²) in [5.41, 5.74) is 4.58. The highest BCUT2D eigenvalue weighted by Crippen LogP contribution is 2.29. The zero-order valence-corrected chi connectivity index (χ0v) is 18.2. The smallest absolute Gasteiger partial charge is 0.165 e. The normalized spacial score (nSPS) is 16.6. The molecule has 7 heteroatoms. The minimum atomic E-state index is -0.405. The van der Waals surface area contributed by atoms with Crippen molar-refractivity contribution in [3.8, 4) is 22.7 Å². The molecular weight excluding hydrogens is 397 g/mol. The van der Waals surface area contributed by atoms with Gasteiger partial charge in [-0.25, -0.2) is 9.07 Å². The maximum Gasteiger partial charge on any atom is 0.165 e. The van der Waals surface area contributed by atoms with Gasteiger partial charge in [-0.2, -0.15) is 5.10 Å². The molecule has 1 fully saturated rings. The standard InChI is InChI=1S/C24H28FN3O3/c1-17-6-4-5-7-22(17)28-14-19(13-27(2)15-20-16-30-10-11-31-20)24(26-28)18-8-9-23(29-3)21(25)12-18/h4-9,12,14,20H,10-11,13,15-16H2,1-3H3/t20-/m1/s1. The zero-order valence-electron chi connectivity index (χ0n) is 18.2. The van der Waals surface area contributed by atoms with Crippen LogP contribution in [0.1, 0.15) is 11.1 Å². The number of ether oxygens (including phenoxy) is 3. The predicted octanol–water partition coefficient (Wildman–Crippen LogP) is 3.84. The molecule has 1 saturated heterocycles. The van der Waals surface area contributed by atoms with E-state index in [1.165, 1.54) is 13.2 Å². The first kappa shape index (κ1) is 21.5. The van der Waals surface area contributed by atoms with Crippen LogP contribution in [0.3, 0.4) is 0 Å². The van der Waals surface area contributed by atoms with Crippen LogP contribution in [0.4, 0.5) is 4.39 Å². The molecule has 31 heavy (non-hydrogen) atoms. The first-order valence-electron chi connectivity index (χ1n) is 10.4. The second-order valence-electron chi connectivity index (χ2n) is 7.85. The van der Waals surface area contributed by atoms with Gasteiger partial charge in [-0.15, -0.1) is 0 Å². The highest BCUT2D eigenvalue weighted by atomic mass is 19.1. The van der Waals surface area contributed by atoms with Gasteiger partial charge < -0.3 is 14.2 Å². The van der Waals surface area contributed by atoms with E-state index in [4.69, 9.17) is 19.3 Å². The number of para-hydroxylation sites is 1. The molecule has 164 valence electrons. The van der Waals surface area contributed by atoms with E-state index in [-0.39, 0.29) is 11.9 Å². The highest BCUT2D eigenvalue weighted by Gasteiger charge is 2.20. The third kappa shape index (κ3) is 4.95. The van der Waals surface area contributed by atoms with E-state index in [1.807, 2.05) is 42.2 Å². The Morgan fingerprint density at radius 1 is 1.23 bits per heavy atom. The second-order valence-corrected chi connectivity index (χ2v) is 7.85. The lowest BCUT2D eigenvalue weighted by molar-refractivity contribution is -0.0962. The van der Waals surface area contributed by atoms with Gasteiger partial charge >= 0.3 is 0 Å². The van der Waals surface area contributed by atoms with Gasteiger partial charge in [0.2, 0.25) is 0 Å². The summed E-state index contributed by atoms with van der Waals surface area (Å²) in [4.78, 5) is 2.18. The molecule has 2 aromatic carbocycles. The fourth-order valence-electron chi connectivity index (χ4n) is 3.87.